The van der Waals surface area contributed by atoms with E-state index in [0.29, 0.717) is 0 Å². The van der Waals surface area contributed by atoms with Crippen molar-refractivity contribution >= 4 is 0 Å². The number of likely N-dealkylation sites (N-methyl/N-ethyl adjacent to an activating group) is 1. The van der Waals surface area contributed by atoms with Crippen molar-refractivity contribution in [2.24, 2.45) is 0 Å². The van der Waals surface area contributed by atoms with Crippen LogP contribution in [0.5, 0.6) is 5.75 Å². The van der Waals surface area contributed by atoms with E-state index in [4.69, 9.17) is 4.74 Å². The van der Waals surface area contributed by atoms with Gasteiger partial charge in [0.05, 0.1) is 0 Å². The van der Waals surface area contributed by atoms with E-state index in [1.165, 1.54) is 5.56 Å². The molecule has 0 amide bonds. The standard InChI is InChI=1S/C16H27NO/c1-7-17-12-16(5,6)18-14-10-8-13(9-11-14)15(2,3)4/h8-11,17H,7,12H2,1-6H3. The second-order valence-corrected chi connectivity index (χ2v) is 6.42. The minimum absolute atomic E-state index is 0.181. The van der Waals surface area contributed by atoms with Crippen LogP contribution in [0.25, 0.3) is 0 Å². The third-order valence-electron chi connectivity index (χ3n) is 2.92. The zero-order valence-electron chi connectivity index (χ0n) is 12.6. The molecule has 0 heterocycles. The Labute approximate surface area is 112 Å². The number of nitrogens with one attached hydrogen (secondary N) is 1. The van der Waals surface area contributed by atoms with Crippen LogP contribution >= 0.6 is 0 Å². The molecule has 1 rings (SSSR count). The number of rotatable bonds is 5. The van der Waals surface area contributed by atoms with Gasteiger partial charge >= 0.3 is 0 Å². The lowest BCUT2D eigenvalue weighted by Crippen LogP contribution is -2.40. The van der Waals surface area contributed by atoms with Crippen LogP contribution in [0, 0.1) is 0 Å². The fourth-order valence-electron chi connectivity index (χ4n) is 1.80. The van der Waals surface area contributed by atoms with Crippen LogP contribution in [0.4, 0.5) is 0 Å². The Morgan fingerprint density at radius 3 is 2.00 bits per heavy atom. The van der Waals surface area contributed by atoms with Crippen LogP contribution in [0.2, 0.25) is 0 Å². The molecule has 0 saturated heterocycles. The first-order valence-corrected chi connectivity index (χ1v) is 6.75. The Bertz CT molecular complexity index is 360. The van der Waals surface area contributed by atoms with Crippen molar-refractivity contribution in [3.63, 3.8) is 0 Å². The van der Waals surface area contributed by atoms with Crippen molar-refractivity contribution in [2.75, 3.05) is 13.1 Å². The largest absolute Gasteiger partial charge is 0.487 e. The lowest BCUT2D eigenvalue weighted by Gasteiger charge is -2.27. The Morgan fingerprint density at radius 2 is 1.56 bits per heavy atom. The minimum atomic E-state index is -0.181. The van der Waals surface area contributed by atoms with E-state index in [9.17, 15) is 0 Å². The maximum Gasteiger partial charge on any atom is 0.120 e. The summed E-state index contributed by atoms with van der Waals surface area (Å²) in [5.74, 6) is 0.936. The predicted octanol–water partition coefficient (Wildman–Crippen LogP) is 3.75. The molecule has 1 aromatic carbocycles. The van der Waals surface area contributed by atoms with Gasteiger partial charge in [-0.15, -0.1) is 0 Å². The van der Waals surface area contributed by atoms with Gasteiger partial charge in [-0.05, 0) is 43.5 Å². The van der Waals surface area contributed by atoms with Gasteiger partial charge in [0.1, 0.15) is 11.4 Å². The molecule has 0 spiro atoms. The molecule has 0 saturated carbocycles. The zero-order valence-corrected chi connectivity index (χ0v) is 12.6. The van der Waals surface area contributed by atoms with Crippen molar-refractivity contribution in [1.82, 2.24) is 5.32 Å². The summed E-state index contributed by atoms with van der Waals surface area (Å²) in [5.41, 5.74) is 1.34. The lowest BCUT2D eigenvalue weighted by atomic mass is 9.87. The molecule has 2 heteroatoms. The molecule has 18 heavy (non-hydrogen) atoms. The molecular weight excluding hydrogens is 222 g/mol. The van der Waals surface area contributed by atoms with E-state index < -0.39 is 0 Å². The van der Waals surface area contributed by atoms with E-state index >= 15 is 0 Å². The van der Waals surface area contributed by atoms with Gasteiger partial charge in [-0.25, -0.2) is 0 Å². The highest BCUT2D eigenvalue weighted by atomic mass is 16.5. The van der Waals surface area contributed by atoms with Crippen molar-refractivity contribution in [3.8, 4) is 5.75 Å². The molecule has 0 aliphatic heterocycles. The molecule has 0 aliphatic rings. The highest BCUT2D eigenvalue weighted by Gasteiger charge is 2.19. The summed E-state index contributed by atoms with van der Waals surface area (Å²) in [4.78, 5) is 0. The van der Waals surface area contributed by atoms with E-state index in [2.05, 4.69) is 71.1 Å². The fourth-order valence-corrected chi connectivity index (χ4v) is 1.80. The summed E-state index contributed by atoms with van der Waals surface area (Å²) < 4.78 is 6.01. The second-order valence-electron chi connectivity index (χ2n) is 6.42. The quantitative estimate of drug-likeness (QED) is 0.858. The van der Waals surface area contributed by atoms with E-state index in [-0.39, 0.29) is 11.0 Å². The zero-order chi connectivity index (χ0) is 13.8. The molecule has 0 unspecified atom stereocenters. The third-order valence-corrected chi connectivity index (χ3v) is 2.92. The van der Waals surface area contributed by atoms with Crippen molar-refractivity contribution < 1.29 is 4.74 Å². The molecule has 0 atom stereocenters. The van der Waals surface area contributed by atoms with E-state index in [1.807, 2.05) is 0 Å². The van der Waals surface area contributed by atoms with Gasteiger partial charge in [0.15, 0.2) is 0 Å². The molecule has 0 aliphatic carbocycles. The number of hydrogen-bond donors (Lipinski definition) is 1. The summed E-state index contributed by atoms with van der Waals surface area (Å²) in [6.07, 6.45) is 0. The van der Waals surface area contributed by atoms with Crippen LogP contribution in [0.1, 0.15) is 47.1 Å². The van der Waals surface area contributed by atoms with Gasteiger partial charge in [-0.1, -0.05) is 39.8 Å². The normalized spacial score (nSPS) is 12.6. The van der Waals surface area contributed by atoms with Gasteiger partial charge in [-0.2, -0.15) is 0 Å². The summed E-state index contributed by atoms with van der Waals surface area (Å²) in [6.45, 7) is 14.8. The van der Waals surface area contributed by atoms with Gasteiger partial charge < -0.3 is 10.1 Å². The van der Waals surface area contributed by atoms with Gasteiger partial charge in [-0.3, -0.25) is 0 Å². The summed E-state index contributed by atoms with van der Waals surface area (Å²) in [6, 6.07) is 8.43. The number of benzene rings is 1. The highest BCUT2D eigenvalue weighted by Crippen LogP contribution is 2.25. The molecule has 102 valence electrons. The minimum Gasteiger partial charge on any atom is -0.487 e. The first-order valence-electron chi connectivity index (χ1n) is 6.75. The SMILES string of the molecule is CCNCC(C)(C)Oc1ccc(C(C)(C)C)cc1. The van der Waals surface area contributed by atoms with Gasteiger partial charge in [0, 0.05) is 6.54 Å². The molecule has 2 nitrogen and oxygen atoms in total. The van der Waals surface area contributed by atoms with Gasteiger partial charge in [0.25, 0.3) is 0 Å². The fraction of sp³-hybridized carbons (Fsp3) is 0.625. The molecule has 0 aromatic heterocycles. The van der Waals surface area contributed by atoms with Crippen LogP contribution in [-0.4, -0.2) is 18.7 Å². The lowest BCUT2D eigenvalue weighted by molar-refractivity contribution is 0.109. The second kappa shape index (κ2) is 5.75. The number of hydrogen-bond acceptors (Lipinski definition) is 2. The Morgan fingerprint density at radius 1 is 1.00 bits per heavy atom. The monoisotopic (exact) mass is 249 g/mol. The Kier molecular flexibility index (Phi) is 4.80. The Balaban J connectivity index is 2.69. The van der Waals surface area contributed by atoms with Crippen molar-refractivity contribution in [2.45, 2.75) is 52.6 Å². The summed E-state index contributed by atoms with van der Waals surface area (Å²) in [5, 5.41) is 3.32. The average Bonchev–Trinajstić information content (AvgIpc) is 2.25. The molecular formula is C16H27NO. The van der Waals surface area contributed by atoms with Crippen LogP contribution < -0.4 is 10.1 Å². The van der Waals surface area contributed by atoms with E-state index in [0.717, 1.165) is 18.8 Å². The first kappa shape index (κ1) is 15.0. The molecule has 0 radical (unpaired) electrons. The molecule has 0 fully saturated rings. The maximum absolute atomic E-state index is 6.01. The third kappa shape index (κ3) is 4.69. The van der Waals surface area contributed by atoms with Crippen LogP contribution in [0.15, 0.2) is 24.3 Å². The van der Waals surface area contributed by atoms with Crippen molar-refractivity contribution in [1.29, 1.82) is 0 Å². The highest BCUT2D eigenvalue weighted by molar-refractivity contribution is 5.31. The average molecular weight is 249 g/mol. The predicted molar refractivity (Wildman–Crippen MR) is 78.4 cm³/mol. The van der Waals surface area contributed by atoms with Crippen LogP contribution in [-0.2, 0) is 5.41 Å². The molecule has 1 aromatic rings. The topological polar surface area (TPSA) is 21.3 Å². The van der Waals surface area contributed by atoms with E-state index in [1.54, 1.807) is 0 Å². The van der Waals surface area contributed by atoms with Crippen molar-refractivity contribution in [3.05, 3.63) is 29.8 Å². The molecule has 1 N–H and O–H groups in total. The van der Waals surface area contributed by atoms with Gasteiger partial charge in [0.2, 0.25) is 0 Å². The smallest absolute Gasteiger partial charge is 0.120 e. The van der Waals surface area contributed by atoms with Crippen LogP contribution in [0.3, 0.4) is 0 Å². The first-order chi connectivity index (χ1) is 8.24. The maximum atomic E-state index is 6.01. The number of ether oxygens (including phenoxy) is 1. The summed E-state index contributed by atoms with van der Waals surface area (Å²) >= 11 is 0. The molecule has 0 bridgehead atoms. The Hall–Kier alpha value is -1.02. The summed E-state index contributed by atoms with van der Waals surface area (Å²) in [7, 11) is 0.